The average Bonchev–Trinajstić information content (AvgIpc) is 3.33. The van der Waals surface area contributed by atoms with E-state index >= 15 is 0 Å². The molecule has 0 bridgehead atoms. The highest BCUT2D eigenvalue weighted by molar-refractivity contribution is 5.84. The Balaban J connectivity index is 1.48. The van der Waals surface area contributed by atoms with Crippen molar-refractivity contribution in [3.63, 3.8) is 0 Å². The minimum Gasteiger partial charge on any atom is -0.337 e. The number of amides is 2. The van der Waals surface area contributed by atoms with E-state index in [-0.39, 0.29) is 29.8 Å². The van der Waals surface area contributed by atoms with Gasteiger partial charge < -0.3 is 9.80 Å². The Hall–Kier alpha value is -1.84. The van der Waals surface area contributed by atoms with Gasteiger partial charge in [0.15, 0.2) is 0 Å². The summed E-state index contributed by atoms with van der Waals surface area (Å²) in [6, 6.07) is 10.9. The molecule has 5 rings (SSSR count). The summed E-state index contributed by atoms with van der Waals surface area (Å²) in [5, 5.41) is 0. The van der Waals surface area contributed by atoms with Crippen LogP contribution in [-0.2, 0) is 9.59 Å². The van der Waals surface area contributed by atoms with Gasteiger partial charge in [0.25, 0.3) is 0 Å². The number of likely N-dealkylation sites (tertiary alicyclic amines) is 2. The third-order valence-corrected chi connectivity index (χ3v) is 8.11. The molecule has 4 nitrogen and oxygen atoms in total. The first-order valence-corrected chi connectivity index (χ1v) is 11.2. The van der Waals surface area contributed by atoms with E-state index in [9.17, 15) is 9.59 Å². The molecule has 2 aliphatic carbocycles. The Morgan fingerprint density at radius 3 is 2.43 bits per heavy atom. The Labute approximate surface area is 168 Å². The van der Waals surface area contributed by atoms with Gasteiger partial charge in [-0.15, -0.1) is 0 Å². The van der Waals surface area contributed by atoms with Crippen LogP contribution in [0.2, 0.25) is 0 Å². The molecule has 4 aliphatic rings. The molecule has 28 heavy (non-hydrogen) atoms. The second-order valence-electron chi connectivity index (χ2n) is 9.60. The van der Waals surface area contributed by atoms with Gasteiger partial charge in [-0.3, -0.25) is 9.59 Å². The second kappa shape index (κ2) is 6.89. The van der Waals surface area contributed by atoms with Crippen molar-refractivity contribution in [3.8, 4) is 0 Å². The molecule has 0 N–H and O–H groups in total. The fourth-order valence-corrected chi connectivity index (χ4v) is 6.32. The number of benzene rings is 1. The van der Waals surface area contributed by atoms with E-state index in [4.69, 9.17) is 0 Å². The quantitative estimate of drug-likeness (QED) is 0.779. The van der Waals surface area contributed by atoms with Crippen molar-refractivity contribution in [2.24, 2.45) is 11.3 Å². The van der Waals surface area contributed by atoms with Gasteiger partial charge >= 0.3 is 0 Å². The maximum atomic E-state index is 13.5. The summed E-state index contributed by atoms with van der Waals surface area (Å²) in [6.45, 7) is 3.30. The molecule has 1 aromatic rings. The summed E-state index contributed by atoms with van der Waals surface area (Å²) in [5.74, 6) is 1.03. The number of rotatable bonds is 2. The average molecular weight is 381 g/mol. The molecule has 2 amide bonds. The Morgan fingerprint density at radius 2 is 1.79 bits per heavy atom. The van der Waals surface area contributed by atoms with Crippen molar-refractivity contribution in [1.82, 2.24) is 9.80 Å². The second-order valence-corrected chi connectivity index (χ2v) is 9.60. The van der Waals surface area contributed by atoms with Gasteiger partial charge in [-0.25, -0.2) is 0 Å². The Kier molecular flexibility index (Phi) is 4.48. The molecular formula is C24H32N2O2. The summed E-state index contributed by atoms with van der Waals surface area (Å²) in [5.41, 5.74) is 1.63. The molecule has 1 aromatic carbocycles. The van der Waals surface area contributed by atoms with Crippen LogP contribution in [-0.4, -0.2) is 46.8 Å². The molecule has 0 radical (unpaired) electrons. The molecule has 1 spiro atoms. The van der Waals surface area contributed by atoms with Crippen LogP contribution in [0.25, 0.3) is 0 Å². The van der Waals surface area contributed by atoms with Crippen LogP contribution in [0, 0.1) is 11.3 Å². The van der Waals surface area contributed by atoms with Crippen molar-refractivity contribution < 1.29 is 9.59 Å². The Bertz CT molecular complexity index is 757. The summed E-state index contributed by atoms with van der Waals surface area (Å²) in [7, 11) is 0. The van der Waals surface area contributed by atoms with Gasteiger partial charge in [-0.2, -0.15) is 0 Å². The van der Waals surface area contributed by atoms with Crippen molar-refractivity contribution in [2.75, 3.05) is 13.1 Å². The highest BCUT2D eigenvalue weighted by Crippen LogP contribution is 2.66. The topological polar surface area (TPSA) is 40.6 Å². The van der Waals surface area contributed by atoms with Crippen molar-refractivity contribution in [2.45, 2.75) is 76.3 Å². The van der Waals surface area contributed by atoms with E-state index in [1.54, 1.807) is 6.92 Å². The predicted octanol–water partition coefficient (Wildman–Crippen LogP) is 3.96. The minimum atomic E-state index is 0.125. The number of carbonyl (C=O) groups is 2. The number of fused-ring (bicyclic) bond motifs is 1. The normalized spacial score (nSPS) is 33.6. The first-order valence-electron chi connectivity index (χ1n) is 11.2. The molecule has 2 saturated carbocycles. The highest BCUT2D eigenvalue weighted by atomic mass is 16.2. The third-order valence-electron chi connectivity index (χ3n) is 8.11. The zero-order valence-electron chi connectivity index (χ0n) is 17.0. The summed E-state index contributed by atoms with van der Waals surface area (Å²) < 4.78 is 0. The lowest BCUT2D eigenvalue weighted by Crippen LogP contribution is -2.51. The molecule has 4 fully saturated rings. The largest absolute Gasteiger partial charge is 0.337 e. The number of hydrogen-bond donors (Lipinski definition) is 0. The van der Waals surface area contributed by atoms with Crippen LogP contribution in [0.3, 0.4) is 0 Å². The standard InChI is InChI=1S/C24H32N2O2/c1-17(27)25-14-7-3-6-11-21-22(25)19(18-9-4-2-5-10-18)16-26(21)23(28)20-15-24(20)12-8-13-24/h2,4-5,9-10,19-22H,3,6-8,11-16H2,1H3/t19-,20-,21+,22-/m0/s1. The van der Waals surface area contributed by atoms with Crippen LogP contribution < -0.4 is 0 Å². The lowest BCUT2D eigenvalue weighted by molar-refractivity contribution is -0.138. The summed E-state index contributed by atoms with van der Waals surface area (Å²) in [6.07, 6.45) is 9.30. The Morgan fingerprint density at radius 1 is 1.00 bits per heavy atom. The van der Waals surface area contributed by atoms with Gasteiger partial charge in [-0.05, 0) is 43.1 Å². The van der Waals surface area contributed by atoms with E-state index in [0.29, 0.717) is 11.3 Å². The van der Waals surface area contributed by atoms with Crippen LogP contribution in [0.4, 0.5) is 0 Å². The molecule has 0 unspecified atom stereocenters. The SMILES string of the molecule is CC(=O)N1CCCCC[C@@H]2[C@@H]1[C@H](c1ccccc1)CN2C(=O)[C@@H]1CC12CCC2. The molecule has 2 aliphatic heterocycles. The lowest BCUT2D eigenvalue weighted by Gasteiger charge is -2.39. The van der Waals surface area contributed by atoms with Gasteiger partial charge in [0.2, 0.25) is 11.8 Å². The zero-order valence-corrected chi connectivity index (χ0v) is 17.0. The first kappa shape index (κ1) is 18.2. The zero-order chi connectivity index (χ0) is 19.3. The monoisotopic (exact) mass is 380 g/mol. The van der Waals surface area contributed by atoms with E-state index in [0.717, 1.165) is 45.2 Å². The summed E-state index contributed by atoms with van der Waals surface area (Å²) in [4.78, 5) is 30.4. The maximum Gasteiger partial charge on any atom is 0.226 e. The lowest BCUT2D eigenvalue weighted by atomic mass is 9.79. The van der Waals surface area contributed by atoms with E-state index in [1.807, 2.05) is 6.07 Å². The smallest absolute Gasteiger partial charge is 0.226 e. The van der Waals surface area contributed by atoms with Gasteiger partial charge in [0.1, 0.15) is 0 Å². The van der Waals surface area contributed by atoms with E-state index < -0.39 is 0 Å². The maximum absolute atomic E-state index is 13.5. The minimum absolute atomic E-state index is 0.125. The number of hydrogen-bond acceptors (Lipinski definition) is 2. The van der Waals surface area contributed by atoms with E-state index in [2.05, 4.69) is 34.1 Å². The number of nitrogens with zero attached hydrogens (tertiary/aromatic N) is 2. The molecular weight excluding hydrogens is 348 g/mol. The van der Waals surface area contributed by atoms with E-state index in [1.165, 1.54) is 24.8 Å². The van der Waals surface area contributed by atoms with Gasteiger partial charge in [0, 0.05) is 31.8 Å². The van der Waals surface area contributed by atoms with Crippen molar-refractivity contribution in [3.05, 3.63) is 35.9 Å². The van der Waals surface area contributed by atoms with Crippen LogP contribution in [0.1, 0.15) is 69.8 Å². The molecule has 150 valence electrons. The molecule has 2 saturated heterocycles. The molecule has 4 atom stereocenters. The van der Waals surface area contributed by atoms with Gasteiger partial charge in [-0.1, -0.05) is 49.6 Å². The predicted molar refractivity (Wildman–Crippen MR) is 109 cm³/mol. The molecule has 2 heterocycles. The van der Waals surface area contributed by atoms with Gasteiger partial charge in [0.05, 0.1) is 12.1 Å². The van der Waals surface area contributed by atoms with Crippen LogP contribution in [0.15, 0.2) is 30.3 Å². The summed E-state index contributed by atoms with van der Waals surface area (Å²) >= 11 is 0. The highest BCUT2D eigenvalue weighted by Gasteiger charge is 2.63. The fourth-order valence-electron chi connectivity index (χ4n) is 6.32. The first-order chi connectivity index (χ1) is 13.6. The van der Waals surface area contributed by atoms with Crippen LogP contribution in [0.5, 0.6) is 0 Å². The third kappa shape index (κ3) is 2.87. The fraction of sp³-hybridized carbons (Fsp3) is 0.667. The van der Waals surface area contributed by atoms with Crippen molar-refractivity contribution >= 4 is 11.8 Å². The molecule has 4 heteroatoms. The molecule has 0 aromatic heterocycles. The van der Waals surface area contributed by atoms with Crippen molar-refractivity contribution in [1.29, 1.82) is 0 Å². The van der Waals surface area contributed by atoms with Crippen LogP contribution >= 0.6 is 0 Å². The number of carbonyl (C=O) groups excluding carboxylic acids is 2.